The van der Waals surface area contributed by atoms with Crippen LogP contribution in [-0.4, -0.2) is 108 Å². The zero-order valence-corrected chi connectivity index (χ0v) is 33.7. The Hall–Kier alpha value is -0.240. The molecule has 6 heteroatoms. The van der Waals surface area contributed by atoms with E-state index in [1.807, 2.05) is 0 Å². The van der Waals surface area contributed by atoms with Crippen molar-refractivity contribution in [1.29, 1.82) is 0 Å². The van der Waals surface area contributed by atoms with Gasteiger partial charge in [0, 0.05) is 6.42 Å². The molecule has 6 nitrogen and oxygen atoms in total. The highest BCUT2D eigenvalue weighted by molar-refractivity contribution is 4.55. The molecule has 0 aliphatic heterocycles. The van der Waals surface area contributed by atoms with Crippen LogP contribution in [0.1, 0.15) is 200 Å². The average Bonchev–Trinajstić information content (AvgIpc) is 3.09. The van der Waals surface area contributed by atoms with Crippen LogP contribution in [0.25, 0.3) is 0 Å². The van der Waals surface area contributed by atoms with E-state index >= 15 is 0 Å². The highest BCUT2D eigenvalue weighted by atomic mass is 16.3. The molecule has 0 spiro atoms. The third kappa shape index (κ3) is 30.0. The second-order valence-electron chi connectivity index (χ2n) is 15.9. The van der Waals surface area contributed by atoms with E-state index in [0.717, 1.165) is 54.4 Å². The van der Waals surface area contributed by atoms with E-state index in [4.69, 9.17) is 0 Å². The van der Waals surface area contributed by atoms with Gasteiger partial charge in [-0.1, -0.05) is 168 Å². The zero-order valence-electron chi connectivity index (χ0n) is 33.7. The molecule has 0 aromatic rings. The van der Waals surface area contributed by atoms with Crippen LogP contribution >= 0.6 is 0 Å². The van der Waals surface area contributed by atoms with Crippen LogP contribution in [0.3, 0.4) is 0 Å². The second kappa shape index (κ2) is 37.5. The molecule has 0 heterocycles. The zero-order chi connectivity index (χ0) is 36.0. The van der Waals surface area contributed by atoms with Crippen molar-refractivity contribution in [3.8, 4) is 0 Å². The van der Waals surface area contributed by atoms with E-state index in [2.05, 4.69) is 13.8 Å². The molecule has 0 rings (SSSR count). The number of aliphatic hydroxyl groups is 4. The topological polar surface area (TPSA) is 80.9 Å². The fourth-order valence-electron chi connectivity index (χ4n) is 8.22. The monoisotopic (exact) mass is 701 g/mol. The first-order valence-electron chi connectivity index (χ1n) is 22.2. The number of hydrogen-bond donors (Lipinski definition) is 4. The summed E-state index contributed by atoms with van der Waals surface area (Å²) in [5.41, 5.74) is 0. The Bertz CT molecular complexity index is 571. The smallest absolute Gasteiger partial charge is 0.102 e. The molecule has 0 aliphatic rings. The Balaban J connectivity index is 4.44. The summed E-state index contributed by atoms with van der Waals surface area (Å²) >= 11 is 0. The van der Waals surface area contributed by atoms with Crippen molar-refractivity contribution < 1.29 is 29.4 Å². The van der Waals surface area contributed by atoms with Crippen LogP contribution < -0.4 is 0 Å². The lowest BCUT2D eigenvalue weighted by Crippen LogP contribution is -2.56. The Labute approximate surface area is 307 Å². The van der Waals surface area contributed by atoms with Crippen LogP contribution in [-0.2, 0) is 0 Å². The summed E-state index contributed by atoms with van der Waals surface area (Å²) in [5, 5.41) is 40.0. The minimum absolute atomic E-state index is 0.158. The number of quaternary nitrogens is 2. The maximum absolute atomic E-state index is 10.00. The SMILES string of the molecule is CCCCCCCCCCCCCCCC[N+](CCO)(CCO)CCC[N+](CCO)(CCO)CCCCCCCCCCCCCCCC. The summed E-state index contributed by atoms with van der Waals surface area (Å²) in [6.07, 6.45) is 38.9. The number of nitrogens with zero attached hydrogens (tertiary/aromatic N) is 2. The second-order valence-corrected chi connectivity index (χ2v) is 15.9. The molecule has 0 atom stereocenters. The molecule has 0 amide bonds. The Morgan fingerprint density at radius 2 is 0.408 bits per heavy atom. The van der Waals surface area contributed by atoms with Crippen molar-refractivity contribution in [3.05, 3.63) is 0 Å². The first kappa shape index (κ1) is 48.8. The number of rotatable bonds is 42. The summed E-state index contributed by atoms with van der Waals surface area (Å²) < 4.78 is 1.59. The van der Waals surface area contributed by atoms with Crippen molar-refractivity contribution in [3.63, 3.8) is 0 Å². The van der Waals surface area contributed by atoms with Gasteiger partial charge in [-0.3, -0.25) is 0 Å². The predicted octanol–water partition coefficient (Wildman–Crippen LogP) is 9.94. The molecule has 0 saturated heterocycles. The molecule has 0 bridgehead atoms. The van der Waals surface area contributed by atoms with Crippen LogP contribution in [0.15, 0.2) is 0 Å². The highest BCUT2D eigenvalue weighted by Crippen LogP contribution is 2.19. The number of unbranched alkanes of at least 4 members (excludes halogenated alkanes) is 26. The van der Waals surface area contributed by atoms with E-state index in [-0.39, 0.29) is 26.4 Å². The van der Waals surface area contributed by atoms with Crippen molar-refractivity contribution in [1.82, 2.24) is 0 Å². The number of hydrogen-bond acceptors (Lipinski definition) is 4. The van der Waals surface area contributed by atoms with Crippen LogP contribution in [0.4, 0.5) is 0 Å². The van der Waals surface area contributed by atoms with Crippen molar-refractivity contribution in [2.45, 2.75) is 200 Å². The lowest BCUT2D eigenvalue weighted by Gasteiger charge is -2.41. The van der Waals surface area contributed by atoms with Gasteiger partial charge in [-0.2, -0.15) is 0 Å². The third-order valence-corrected chi connectivity index (χ3v) is 11.5. The first-order chi connectivity index (χ1) is 24.1. The lowest BCUT2D eigenvalue weighted by atomic mass is 10.0. The van der Waals surface area contributed by atoms with Crippen molar-refractivity contribution >= 4 is 0 Å². The average molecular weight is 701 g/mol. The van der Waals surface area contributed by atoms with Gasteiger partial charge in [0.1, 0.15) is 26.2 Å². The van der Waals surface area contributed by atoms with Crippen LogP contribution in [0, 0.1) is 0 Å². The maximum Gasteiger partial charge on any atom is 0.102 e. The Morgan fingerprint density at radius 3 is 0.612 bits per heavy atom. The predicted molar refractivity (Wildman–Crippen MR) is 213 cm³/mol. The minimum Gasteiger partial charge on any atom is -0.391 e. The Kier molecular flexibility index (Phi) is 37.3. The molecule has 49 heavy (non-hydrogen) atoms. The molecule has 0 aromatic heterocycles. The van der Waals surface area contributed by atoms with Gasteiger partial charge in [0.15, 0.2) is 0 Å². The van der Waals surface area contributed by atoms with Crippen molar-refractivity contribution in [2.75, 3.05) is 78.8 Å². The molecular weight excluding hydrogens is 608 g/mol. The molecule has 296 valence electrons. The van der Waals surface area contributed by atoms with E-state index < -0.39 is 0 Å². The summed E-state index contributed by atoms with van der Waals surface area (Å²) in [4.78, 5) is 0. The quantitative estimate of drug-likeness (QED) is 0.0378. The molecule has 0 radical (unpaired) electrons. The number of aliphatic hydroxyl groups excluding tert-OH is 4. The summed E-state index contributed by atoms with van der Waals surface area (Å²) in [7, 11) is 0. The summed E-state index contributed by atoms with van der Waals surface area (Å²) in [5.74, 6) is 0. The molecular formula is C43H92N2O4+2. The van der Waals surface area contributed by atoms with E-state index in [0.29, 0.717) is 26.2 Å². The van der Waals surface area contributed by atoms with Crippen LogP contribution in [0.5, 0.6) is 0 Å². The van der Waals surface area contributed by atoms with Gasteiger partial charge < -0.3 is 29.4 Å². The lowest BCUT2D eigenvalue weighted by molar-refractivity contribution is -0.946. The van der Waals surface area contributed by atoms with Crippen molar-refractivity contribution in [2.24, 2.45) is 0 Å². The largest absolute Gasteiger partial charge is 0.391 e. The van der Waals surface area contributed by atoms with Gasteiger partial charge in [0.2, 0.25) is 0 Å². The first-order valence-corrected chi connectivity index (χ1v) is 22.2. The molecule has 0 saturated carbocycles. The molecule has 0 aromatic carbocycles. The summed E-state index contributed by atoms with van der Waals surface area (Å²) in [6.45, 7) is 12.0. The van der Waals surface area contributed by atoms with E-state index in [9.17, 15) is 20.4 Å². The maximum atomic E-state index is 10.00. The van der Waals surface area contributed by atoms with Gasteiger partial charge in [0.25, 0.3) is 0 Å². The fourth-order valence-corrected chi connectivity index (χ4v) is 8.22. The minimum atomic E-state index is 0.158. The highest BCUT2D eigenvalue weighted by Gasteiger charge is 2.30. The van der Waals surface area contributed by atoms with Gasteiger partial charge in [-0.05, 0) is 25.7 Å². The van der Waals surface area contributed by atoms with Gasteiger partial charge in [-0.25, -0.2) is 0 Å². The van der Waals surface area contributed by atoms with E-state index in [1.165, 1.54) is 167 Å². The molecule has 0 unspecified atom stereocenters. The van der Waals surface area contributed by atoms with E-state index in [1.54, 1.807) is 0 Å². The Morgan fingerprint density at radius 1 is 0.224 bits per heavy atom. The molecule has 0 aliphatic carbocycles. The molecule has 4 N–H and O–H groups in total. The van der Waals surface area contributed by atoms with Gasteiger partial charge >= 0.3 is 0 Å². The third-order valence-electron chi connectivity index (χ3n) is 11.5. The summed E-state index contributed by atoms with van der Waals surface area (Å²) in [6, 6.07) is 0. The fraction of sp³-hybridized carbons (Fsp3) is 1.00. The van der Waals surface area contributed by atoms with Gasteiger partial charge in [0.05, 0.1) is 52.6 Å². The molecule has 0 fully saturated rings. The normalized spacial score (nSPS) is 12.4. The van der Waals surface area contributed by atoms with Crippen LogP contribution in [0.2, 0.25) is 0 Å². The standard InChI is InChI=1S/C43H92N2O4/c1-3-5-7-9-11-13-15-17-19-21-23-25-27-29-32-44(36-40-46,37-41-47)34-31-35-45(38-42-48,39-43-49)33-30-28-26-24-22-20-18-16-14-12-10-8-6-4-2/h46-49H,3-43H2,1-2H3/q+2. The van der Waals surface area contributed by atoms with Gasteiger partial charge in [-0.15, -0.1) is 0 Å².